The highest BCUT2D eigenvalue weighted by Crippen LogP contribution is 2.24. The normalized spacial score (nSPS) is 11.0. The van der Waals surface area contributed by atoms with Crippen LogP contribution in [0, 0.1) is 0 Å². The molecule has 106 valence electrons. The van der Waals surface area contributed by atoms with E-state index in [1.165, 1.54) is 11.8 Å². The zero-order valence-electron chi connectivity index (χ0n) is 10.8. The lowest BCUT2D eigenvalue weighted by Gasteiger charge is -2.02. The highest BCUT2D eigenvalue weighted by atomic mass is 35.5. The molecule has 3 aromatic rings. The Morgan fingerprint density at radius 1 is 1.19 bits per heavy atom. The van der Waals surface area contributed by atoms with E-state index in [-0.39, 0.29) is 11.5 Å². The summed E-state index contributed by atoms with van der Waals surface area (Å²) < 4.78 is 0. The molecule has 0 saturated heterocycles. The van der Waals surface area contributed by atoms with Gasteiger partial charge in [-0.15, -0.1) is 0 Å². The number of aromatic nitrogens is 2. The summed E-state index contributed by atoms with van der Waals surface area (Å²) >= 11 is 13.2. The first kappa shape index (κ1) is 14.4. The summed E-state index contributed by atoms with van der Waals surface area (Å²) in [5.41, 5.74) is 2.32. The lowest BCUT2D eigenvalue weighted by atomic mass is 10.1. The minimum Gasteiger partial charge on any atom is -0.333 e. The largest absolute Gasteiger partial charge is 0.333 e. The molecular weight excluding hydrogens is 327 g/mol. The molecule has 21 heavy (non-hydrogen) atoms. The first-order valence-corrected chi connectivity index (χ1v) is 7.93. The highest BCUT2D eigenvalue weighted by Gasteiger charge is 2.12. The predicted molar refractivity (Wildman–Crippen MR) is 87.6 cm³/mol. The summed E-state index contributed by atoms with van der Waals surface area (Å²) in [7, 11) is 0. The first-order chi connectivity index (χ1) is 10.1. The second-order valence-electron chi connectivity index (χ2n) is 4.40. The van der Waals surface area contributed by atoms with E-state index in [0.29, 0.717) is 15.6 Å². The van der Waals surface area contributed by atoms with Gasteiger partial charge in [0, 0.05) is 10.6 Å². The van der Waals surface area contributed by atoms with Crippen LogP contribution in [-0.4, -0.2) is 21.5 Å². The average Bonchev–Trinajstić information content (AvgIpc) is 2.87. The van der Waals surface area contributed by atoms with Gasteiger partial charge in [-0.1, -0.05) is 47.1 Å². The van der Waals surface area contributed by atoms with Crippen molar-refractivity contribution in [1.29, 1.82) is 0 Å². The van der Waals surface area contributed by atoms with Crippen LogP contribution in [0.1, 0.15) is 10.4 Å². The Labute approximate surface area is 135 Å². The number of thioether (sulfide) groups is 1. The number of carbonyl (C=O) groups is 1. The van der Waals surface area contributed by atoms with E-state index in [4.69, 9.17) is 23.2 Å². The van der Waals surface area contributed by atoms with Gasteiger partial charge in [0.05, 0.1) is 21.8 Å². The predicted octanol–water partition coefficient (Wildman–Crippen LogP) is 4.84. The van der Waals surface area contributed by atoms with Gasteiger partial charge in [0.25, 0.3) is 0 Å². The lowest BCUT2D eigenvalue weighted by Crippen LogP contribution is -2.03. The zero-order valence-corrected chi connectivity index (χ0v) is 13.1. The van der Waals surface area contributed by atoms with Gasteiger partial charge in [-0.05, 0) is 30.3 Å². The van der Waals surface area contributed by atoms with Crippen LogP contribution in [0.25, 0.3) is 11.0 Å². The third-order valence-corrected chi connectivity index (χ3v) is 4.36. The zero-order chi connectivity index (χ0) is 14.8. The molecule has 6 heteroatoms. The van der Waals surface area contributed by atoms with Gasteiger partial charge in [0.1, 0.15) is 0 Å². The number of rotatable bonds is 4. The molecule has 3 nitrogen and oxygen atoms in total. The SMILES string of the molecule is O=C(CSc1nc2ccccc2[nH]1)c1ccc(Cl)cc1Cl. The Kier molecular flexibility index (Phi) is 4.19. The first-order valence-electron chi connectivity index (χ1n) is 6.19. The number of fused-ring (bicyclic) bond motifs is 1. The molecule has 0 unspecified atom stereocenters. The van der Waals surface area contributed by atoms with E-state index < -0.39 is 0 Å². The fourth-order valence-electron chi connectivity index (χ4n) is 1.93. The number of imidazole rings is 1. The Morgan fingerprint density at radius 2 is 2.00 bits per heavy atom. The van der Waals surface area contributed by atoms with Crippen molar-refractivity contribution in [3.63, 3.8) is 0 Å². The van der Waals surface area contributed by atoms with E-state index in [9.17, 15) is 4.79 Å². The molecule has 0 spiro atoms. The molecule has 3 rings (SSSR count). The van der Waals surface area contributed by atoms with Gasteiger partial charge >= 0.3 is 0 Å². The molecule has 0 saturated carbocycles. The number of aromatic amines is 1. The maximum absolute atomic E-state index is 12.2. The third kappa shape index (κ3) is 3.23. The van der Waals surface area contributed by atoms with Crippen molar-refractivity contribution in [2.24, 2.45) is 0 Å². The number of carbonyl (C=O) groups excluding carboxylic acids is 1. The Morgan fingerprint density at radius 3 is 2.76 bits per heavy atom. The number of benzene rings is 2. The van der Waals surface area contributed by atoms with Crippen molar-refractivity contribution < 1.29 is 4.79 Å². The van der Waals surface area contributed by atoms with E-state index in [1.807, 2.05) is 24.3 Å². The number of Topliss-reactive ketones (excluding diaryl/α,β-unsaturated/α-hetero) is 1. The van der Waals surface area contributed by atoms with E-state index in [1.54, 1.807) is 18.2 Å². The van der Waals surface area contributed by atoms with Crippen LogP contribution in [0.4, 0.5) is 0 Å². The monoisotopic (exact) mass is 336 g/mol. The molecule has 0 radical (unpaired) electrons. The number of nitrogens with zero attached hydrogens (tertiary/aromatic N) is 1. The summed E-state index contributed by atoms with van der Waals surface area (Å²) in [6.07, 6.45) is 0. The number of ketones is 1. The van der Waals surface area contributed by atoms with Crippen molar-refractivity contribution in [2.45, 2.75) is 5.16 Å². The number of nitrogens with one attached hydrogen (secondary N) is 1. The lowest BCUT2D eigenvalue weighted by molar-refractivity contribution is 0.102. The maximum Gasteiger partial charge on any atom is 0.174 e. The summed E-state index contributed by atoms with van der Waals surface area (Å²) in [5, 5.41) is 1.61. The number of para-hydroxylation sites is 2. The van der Waals surface area contributed by atoms with Crippen molar-refractivity contribution in [2.75, 3.05) is 5.75 Å². The van der Waals surface area contributed by atoms with Crippen LogP contribution in [0.5, 0.6) is 0 Å². The molecule has 0 aliphatic carbocycles. The standard InChI is InChI=1S/C15H10Cl2N2OS/c16-9-5-6-10(11(17)7-9)14(20)8-21-15-18-12-3-1-2-4-13(12)19-15/h1-7H,8H2,(H,18,19). The van der Waals surface area contributed by atoms with Crippen LogP contribution >= 0.6 is 35.0 Å². The Balaban J connectivity index is 1.73. The van der Waals surface area contributed by atoms with Crippen molar-refractivity contribution in [3.8, 4) is 0 Å². The Hall–Kier alpha value is -1.49. The molecule has 0 aliphatic rings. The number of hydrogen-bond acceptors (Lipinski definition) is 3. The van der Waals surface area contributed by atoms with Gasteiger partial charge < -0.3 is 4.98 Å². The van der Waals surface area contributed by atoms with Gasteiger partial charge in [-0.25, -0.2) is 4.98 Å². The van der Waals surface area contributed by atoms with Gasteiger partial charge in [0.15, 0.2) is 10.9 Å². The van der Waals surface area contributed by atoms with Gasteiger partial charge in [0.2, 0.25) is 0 Å². The highest BCUT2D eigenvalue weighted by molar-refractivity contribution is 7.99. The van der Waals surface area contributed by atoms with Crippen LogP contribution < -0.4 is 0 Å². The number of hydrogen-bond donors (Lipinski definition) is 1. The van der Waals surface area contributed by atoms with E-state index in [2.05, 4.69) is 9.97 Å². The number of halogens is 2. The molecule has 0 aliphatic heterocycles. The molecule has 1 heterocycles. The number of H-pyrrole nitrogens is 1. The van der Waals surface area contributed by atoms with Gasteiger partial charge in [-0.2, -0.15) is 0 Å². The van der Waals surface area contributed by atoms with Crippen molar-refractivity contribution in [3.05, 3.63) is 58.1 Å². The second kappa shape index (κ2) is 6.10. The molecular formula is C15H10Cl2N2OS. The fourth-order valence-corrected chi connectivity index (χ4v) is 3.21. The summed E-state index contributed by atoms with van der Waals surface area (Å²) in [4.78, 5) is 19.8. The van der Waals surface area contributed by atoms with Crippen molar-refractivity contribution in [1.82, 2.24) is 9.97 Å². The van der Waals surface area contributed by atoms with Crippen LogP contribution in [0.15, 0.2) is 47.6 Å². The van der Waals surface area contributed by atoms with E-state index in [0.717, 1.165) is 16.2 Å². The molecule has 1 aromatic heterocycles. The smallest absolute Gasteiger partial charge is 0.174 e. The topological polar surface area (TPSA) is 45.8 Å². The van der Waals surface area contributed by atoms with E-state index >= 15 is 0 Å². The van der Waals surface area contributed by atoms with Crippen LogP contribution in [0.3, 0.4) is 0 Å². The molecule has 0 fully saturated rings. The molecule has 2 aromatic carbocycles. The molecule has 1 N–H and O–H groups in total. The van der Waals surface area contributed by atoms with Crippen LogP contribution in [-0.2, 0) is 0 Å². The molecule has 0 atom stereocenters. The minimum atomic E-state index is -0.0536. The van der Waals surface area contributed by atoms with Crippen LogP contribution in [0.2, 0.25) is 10.0 Å². The quantitative estimate of drug-likeness (QED) is 0.547. The summed E-state index contributed by atoms with van der Waals surface area (Å²) in [6, 6.07) is 12.6. The maximum atomic E-state index is 12.2. The minimum absolute atomic E-state index is 0.0536. The van der Waals surface area contributed by atoms with Crippen molar-refractivity contribution >= 4 is 51.8 Å². The molecule has 0 amide bonds. The second-order valence-corrected chi connectivity index (χ2v) is 6.20. The van der Waals surface area contributed by atoms with Gasteiger partial charge in [-0.3, -0.25) is 4.79 Å². The summed E-state index contributed by atoms with van der Waals surface area (Å²) in [6.45, 7) is 0. The average molecular weight is 337 g/mol. The summed E-state index contributed by atoms with van der Waals surface area (Å²) in [5.74, 6) is 0.211. The molecule has 0 bridgehead atoms. The fraction of sp³-hybridized carbons (Fsp3) is 0.0667. The Bertz CT molecular complexity index is 783. The third-order valence-electron chi connectivity index (χ3n) is 2.94.